The monoisotopic (exact) mass is 301 g/mol. The molecule has 4 nitrogen and oxygen atoms in total. The zero-order valence-electron chi connectivity index (χ0n) is 11.5. The van der Waals surface area contributed by atoms with Gasteiger partial charge in [-0.1, -0.05) is 11.6 Å². The minimum absolute atomic E-state index is 0.0996. The number of carbonyl (C=O) groups is 1. The number of hydrogen-bond donors (Lipinski definition) is 1. The molecular formula is C13H20ClN3OS. The van der Waals surface area contributed by atoms with Crippen molar-refractivity contribution < 1.29 is 4.79 Å². The first-order valence-corrected chi connectivity index (χ1v) is 7.68. The maximum absolute atomic E-state index is 12.3. The standard InChI is InChI=1S/C13H20ClN3OS/c1-9(10-6-12(14)19-8-10)17-5-4-15-7-11(17)13(18)16(2)3/h6,8-9,11,15H,4-5,7H2,1-3H3. The summed E-state index contributed by atoms with van der Waals surface area (Å²) in [6, 6.07) is 2.10. The molecule has 0 aliphatic carbocycles. The van der Waals surface area contributed by atoms with E-state index in [1.807, 2.05) is 6.07 Å². The van der Waals surface area contributed by atoms with Crippen molar-refractivity contribution in [3.63, 3.8) is 0 Å². The molecule has 0 saturated carbocycles. The van der Waals surface area contributed by atoms with E-state index in [1.165, 1.54) is 5.56 Å². The fraction of sp³-hybridized carbons (Fsp3) is 0.615. The molecule has 1 aliphatic heterocycles. The van der Waals surface area contributed by atoms with Gasteiger partial charge in [-0.15, -0.1) is 11.3 Å². The van der Waals surface area contributed by atoms with Crippen LogP contribution < -0.4 is 5.32 Å². The molecule has 0 spiro atoms. The van der Waals surface area contributed by atoms with E-state index in [9.17, 15) is 4.79 Å². The third-order valence-electron chi connectivity index (χ3n) is 3.58. The van der Waals surface area contributed by atoms with E-state index >= 15 is 0 Å². The molecule has 1 aromatic heterocycles. The zero-order chi connectivity index (χ0) is 14.0. The number of amides is 1. The highest BCUT2D eigenvalue weighted by atomic mass is 35.5. The fourth-order valence-corrected chi connectivity index (χ4v) is 3.42. The van der Waals surface area contributed by atoms with Gasteiger partial charge >= 0.3 is 0 Å². The Bertz CT molecular complexity index is 449. The van der Waals surface area contributed by atoms with Crippen LogP contribution in [0.15, 0.2) is 11.4 Å². The molecular weight excluding hydrogens is 282 g/mol. The first kappa shape index (κ1) is 14.8. The minimum Gasteiger partial charge on any atom is -0.347 e. The molecule has 0 bridgehead atoms. The lowest BCUT2D eigenvalue weighted by Gasteiger charge is -2.40. The van der Waals surface area contributed by atoms with Crippen LogP contribution in [0.5, 0.6) is 0 Å². The first-order valence-electron chi connectivity index (χ1n) is 6.42. The second-order valence-corrected chi connectivity index (χ2v) is 6.59. The Morgan fingerprint density at radius 1 is 1.63 bits per heavy atom. The zero-order valence-corrected chi connectivity index (χ0v) is 13.1. The summed E-state index contributed by atoms with van der Waals surface area (Å²) in [6.07, 6.45) is 0. The van der Waals surface area contributed by atoms with E-state index in [4.69, 9.17) is 11.6 Å². The predicted octanol–water partition coefficient (Wildman–Crippen LogP) is 1.82. The molecule has 0 radical (unpaired) electrons. The van der Waals surface area contributed by atoms with Gasteiger partial charge in [0.05, 0.1) is 4.34 Å². The van der Waals surface area contributed by atoms with Crippen LogP contribution in [0.2, 0.25) is 4.34 Å². The summed E-state index contributed by atoms with van der Waals surface area (Å²) >= 11 is 7.55. The summed E-state index contributed by atoms with van der Waals surface area (Å²) in [5, 5.41) is 5.38. The van der Waals surface area contributed by atoms with Crippen LogP contribution in [0.3, 0.4) is 0 Å². The van der Waals surface area contributed by atoms with E-state index in [-0.39, 0.29) is 18.0 Å². The van der Waals surface area contributed by atoms with Gasteiger partial charge in [-0.3, -0.25) is 9.69 Å². The summed E-state index contributed by atoms with van der Waals surface area (Å²) in [4.78, 5) is 16.2. The number of piperazine rings is 1. The Morgan fingerprint density at radius 2 is 2.37 bits per heavy atom. The maximum Gasteiger partial charge on any atom is 0.240 e. The van der Waals surface area contributed by atoms with Crippen molar-refractivity contribution >= 4 is 28.8 Å². The normalized spacial score (nSPS) is 22.2. The summed E-state index contributed by atoms with van der Waals surface area (Å²) in [5.41, 5.74) is 1.19. The molecule has 1 amide bonds. The molecule has 19 heavy (non-hydrogen) atoms. The number of likely N-dealkylation sites (N-methyl/N-ethyl adjacent to an activating group) is 1. The van der Waals surface area contributed by atoms with E-state index in [2.05, 4.69) is 22.5 Å². The second kappa shape index (κ2) is 6.22. The summed E-state index contributed by atoms with van der Waals surface area (Å²) in [5.74, 6) is 0.153. The highest BCUT2D eigenvalue weighted by Gasteiger charge is 2.33. The largest absolute Gasteiger partial charge is 0.347 e. The quantitative estimate of drug-likeness (QED) is 0.925. The lowest BCUT2D eigenvalue weighted by atomic mass is 10.1. The molecule has 1 aliphatic rings. The maximum atomic E-state index is 12.3. The van der Waals surface area contributed by atoms with Crippen LogP contribution in [0.1, 0.15) is 18.5 Å². The molecule has 1 fully saturated rings. The van der Waals surface area contributed by atoms with E-state index in [0.29, 0.717) is 6.54 Å². The predicted molar refractivity (Wildman–Crippen MR) is 79.8 cm³/mol. The van der Waals surface area contributed by atoms with Gasteiger partial charge < -0.3 is 10.2 Å². The number of nitrogens with one attached hydrogen (secondary N) is 1. The Labute approximate surface area is 123 Å². The number of hydrogen-bond acceptors (Lipinski definition) is 4. The van der Waals surface area contributed by atoms with Gasteiger partial charge in [-0.2, -0.15) is 0 Å². The molecule has 1 N–H and O–H groups in total. The van der Waals surface area contributed by atoms with Crippen molar-refractivity contribution in [2.24, 2.45) is 0 Å². The molecule has 2 heterocycles. The van der Waals surface area contributed by atoms with Crippen LogP contribution in [0.4, 0.5) is 0 Å². The van der Waals surface area contributed by atoms with Crippen LogP contribution in [0.25, 0.3) is 0 Å². The van der Waals surface area contributed by atoms with E-state index in [1.54, 1.807) is 30.3 Å². The molecule has 1 saturated heterocycles. The van der Waals surface area contributed by atoms with Gasteiger partial charge in [-0.05, 0) is 23.9 Å². The molecule has 2 unspecified atom stereocenters. The van der Waals surface area contributed by atoms with Crippen molar-refractivity contribution in [3.8, 4) is 0 Å². The summed E-state index contributed by atoms with van der Waals surface area (Å²) in [7, 11) is 3.61. The number of carbonyl (C=O) groups excluding carboxylic acids is 1. The second-order valence-electron chi connectivity index (χ2n) is 5.05. The molecule has 1 aromatic rings. The lowest BCUT2D eigenvalue weighted by Crippen LogP contribution is -2.58. The number of nitrogens with zero attached hydrogens (tertiary/aromatic N) is 2. The Balaban J connectivity index is 2.17. The Hall–Kier alpha value is -0.620. The van der Waals surface area contributed by atoms with Gasteiger partial charge in [0.25, 0.3) is 0 Å². The van der Waals surface area contributed by atoms with Crippen LogP contribution >= 0.6 is 22.9 Å². The highest BCUT2D eigenvalue weighted by molar-refractivity contribution is 7.14. The third kappa shape index (κ3) is 3.28. The number of halogens is 1. The highest BCUT2D eigenvalue weighted by Crippen LogP contribution is 2.30. The summed E-state index contributed by atoms with van der Waals surface area (Å²) in [6.45, 7) is 4.64. The Morgan fingerprint density at radius 3 is 2.95 bits per heavy atom. The first-order chi connectivity index (χ1) is 9.00. The van der Waals surface area contributed by atoms with Crippen molar-refractivity contribution in [2.75, 3.05) is 33.7 Å². The van der Waals surface area contributed by atoms with Crippen molar-refractivity contribution in [1.82, 2.24) is 15.1 Å². The molecule has 2 rings (SSSR count). The topological polar surface area (TPSA) is 35.6 Å². The average Bonchev–Trinajstić information content (AvgIpc) is 2.83. The SMILES string of the molecule is CC(c1csc(Cl)c1)N1CCNCC1C(=O)N(C)C. The molecule has 0 aromatic carbocycles. The van der Waals surface area contributed by atoms with Crippen molar-refractivity contribution in [1.29, 1.82) is 0 Å². The Kier molecular flexibility index (Phi) is 4.84. The van der Waals surface area contributed by atoms with Crippen LogP contribution in [-0.2, 0) is 4.79 Å². The number of rotatable bonds is 3. The van der Waals surface area contributed by atoms with E-state index < -0.39 is 0 Å². The van der Waals surface area contributed by atoms with Crippen molar-refractivity contribution in [3.05, 3.63) is 21.3 Å². The van der Waals surface area contributed by atoms with Gasteiger partial charge in [0.15, 0.2) is 0 Å². The van der Waals surface area contributed by atoms with Gasteiger partial charge in [0.2, 0.25) is 5.91 Å². The van der Waals surface area contributed by atoms with E-state index in [0.717, 1.165) is 17.4 Å². The molecule has 2 atom stereocenters. The van der Waals surface area contributed by atoms with Gasteiger partial charge in [0.1, 0.15) is 6.04 Å². The minimum atomic E-state index is -0.0996. The molecule has 106 valence electrons. The average molecular weight is 302 g/mol. The number of thiophene rings is 1. The molecule has 6 heteroatoms. The van der Waals surface area contributed by atoms with Crippen LogP contribution in [0, 0.1) is 0 Å². The van der Waals surface area contributed by atoms with Gasteiger partial charge in [-0.25, -0.2) is 0 Å². The lowest BCUT2D eigenvalue weighted by molar-refractivity contribution is -0.136. The fourth-order valence-electron chi connectivity index (χ4n) is 2.44. The summed E-state index contributed by atoms with van der Waals surface area (Å²) < 4.78 is 0.799. The van der Waals surface area contributed by atoms with Crippen molar-refractivity contribution in [2.45, 2.75) is 19.0 Å². The third-order valence-corrected chi connectivity index (χ3v) is 4.69. The van der Waals surface area contributed by atoms with Crippen LogP contribution in [-0.4, -0.2) is 55.5 Å². The van der Waals surface area contributed by atoms with Gasteiger partial charge in [0, 0.05) is 39.8 Å². The smallest absolute Gasteiger partial charge is 0.240 e.